The first kappa shape index (κ1) is 16.7. The number of hydrogen-bond donors (Lipinski definition) is 2. The minimum atomic E-state index is -1.22. The first-order valence-corrected chi connectivity index (χ1v) is 7.98. The van der Waals surface area contributed by atoms with E-state index < -0.39 is 30.0 Å². The van der Waals surface area contributed by atoms with Gasteiger partial charge in [0.15, 0.2) is 0 Å². The molecule has 0 radical (unpaired) electrons. The topological polar surface area (TPSA) is 86.7 Å². The quantitative estimate of drug-likeness (QED) is 0.819. The van der Waals surface area contributed by atoms with Crippen LogP contribution in [0.2, 0.25) is 0 Å². The summed E-state index contributed by atoms with van der Waals surface area (Å²) in [6, 6.07) is 14.7. The van der Waals surface area contributed by atoms with Crippen LogP contribution in [0.3, 0.4) is 0 Å². The number of rotatable bonds is 5. The van der Waals surface area contributed by atoms with Crippen LogP contribution in [-0.2, 0) is 16.0 Å². The molecule has 2 N–H and O–H groups in total. The number of benzene rings is 2. The Bertz CT molecular complexity index is 802. The number of imide groups is 1. The molecule has 2 aromatic rings. The maximum absolute atomic E-state index is 12.1. The van der Waals surface area contributed by atoms with Crippen molar-refractivity contribution in [2.45, 2.75) is 25.4 Å². The minimum Gasteiger partial charge on any atom is -0.480 e. The smallest absolute Gasteiger partial charge is 0.327 e. The van der Waals surface area contributed by atoms with Crippen molar-refractivity contribution >= 4 is 17.9 Å². The Kier molecular flexibility index (Phi) is 4.52. The van der Waals surface area contributed by atoms with Gasteiger partial charge in [-0.25, -0.2) is 14.5 Å². The third-order valence-electron chi connectivity index (χ3n) is 4.25. The van der Waals surface area contributed by atoms with Gasteiger partial charge in [0.2, 0.25) is 0 Å². The largest absolute Gasteiger partial charge is 0.480 e. The molecule has 2 atom stereocenters. The minimum absolute atomic E-state index is 0.0658. The van der Waals surface area contributed by atoms with Crippen molar-refractivity contribution in [2.75, 3.05) is 0 Å². The van der Waals surface area contributed by atoms with Gasteiger partial charge in [-0.2, -0.15) is 0 Å². The number of nitrogens with zero attached hydrogens (tertiary/aromatic N) is 1. The lowest BCUT2D eigenvalue weighted by atomic mass is 10.00. The lowest BCUT2D eigenvalue weighted by molar-refractivity contribution is -0.146. The van der Waals surface area contributed by atoms with Gasteiger partial charge in [-0.3, -0.25) is 4.79 Å². The van der Waals surface area contributed by atoms with E-state index in [1.165, 1.54) is 6.92 Å². The van der Waals surface area contributed by atoms with Crippen LogP contribution in [0.1, 0.15) is 12.5 Å². The van der Waals surface area contributed by atoms with Crippen LogP contribution in [0.5, 0.6) is 0 Å². The maximum Gasteiger partial charge on any atom is 0.327 e. The number of nitrogens with one attached hydrogen (secondary N) is 1. The van der Waals surface area contributed by atoms with Crippen molar-refractivity contribution in [3.8, 4) is 11.1 Å². The number of carboxylic acid groups (broad SMARTS) is 1. The Labute approximate surface area is 145 Å². The second-order valence-corrected chi connectivity index (χ2v) is 6.00. The van der Waals surface area contributed by atoms with Crippen LogP contribution in [0.15, 0.2) is 54.6 Å². The third-order valence-corrected chi connectivity index (χ3v) is 4.25. The summed E-state index contributed by atoms with van der Waals surface area (Å²) in [5.74, 6) is -1.72. The molecule has 1 aliphatic heterocycles. The van der Waals surface area contributed by atoms with E-state index in [1.807, 2.05) is 54.6 Å². The Balaban J connectivity index is 1.80. The molecule has 1 fully saturated rings. The highest BCUT2D eigenvalue weighted by atomic mass is 16.4. The standard InChI is InChI=1S/C19H18N2O4/c1-12-17(22)21(19(25)20-12)16(18(23)24)11-13-7-9-15(10-8-13)14-5-3-2-4-6-14/h2-10,12,16H,11H2,1H3,(H,20,25)(H,23,24)/t12-,16-/m0/s1. The predicted molar refractivity (Wildman–Crippen MR) is 91.8 cm³/mol. The van der Waals surface area contributed by atoms with Crippen molar-refractivity contribution < 1.29 is 19.5 Å². The summed E-state index contributed by atoms with van der Waals surface area (Å²) in [5, 5.41) is 11.9. The van der Waals surface area contributed by atoms with E-state index in [0.717, 1.165) is 21.6 Å². The van der Waals surface area contributed by atoms with Gasteiger partial charge in [-0.15, -0.1) is 0 Å². The first-order valence-electron chi connectivity index (χ1n) is 7.98. The van der Waals surface area contributed by atoms with Crippen molar-refractivity contribution in [3.05, 3.63) is 60.2 Å². The van der Waals surface area contributed by atoms with Gasteiger partial charge in [0.25, 0.3) is 5.91 Å². The summed E-state index contributed by atoms with van der Waals surface area (Å²) in [4.78, 5) is 36.4. The molecule has 25 heavy (non-hydrogen) atoms. The van der Waals surface area contributed by atoms with Crippen molar-refractivity contribution in [1.29, 1.82) is 0 Å². The van der Waals surface area contributed by atoms with E-state index in [2.05, 4.69) is 5.32 Å². The Hall–Kier alpha value is -3.15. The Morgan fingerprint density at radius 2 is 1.68 bits per heavy atom. The summed E-state index contributed by atoms with van der Waals surface area (Å²) >= 11 is 0. The molecule has 1 heterocycles. The SMILES string of the molecule is C[C@@H]1NC(=O)N([C@@H](Cc2ccc(-c3ccccc3)cc2)C(=O)O)C1=O. The van der Waals surface area contributed by atoms with E-state index in [9.17, 15) is 19.5 Å². The molecule has 0 aromatic heterocycles. The van der Waals surface area contributed by atoms with Crippen molar-refractivity contribution in [1.82, 2.24) is 10.2 Å². The number of carbonyl (C=O) groups is 3. The van der Waals surface area contributed by atoms with Crippen molar-refractivity contribution in [2.24, 2.45) is 0 Å². The zero-order valence-electron chi connectivity index (χ0n) is 13.7. The number of aliphatic carboxylic acids is 1. The van der Waals surface area contributed by atoms with E-state index in [1.54, 1.807) is 0 Å². The second-order valence-electron chi connectivity index (χ2n) is 6.00. The summed E-state index contributed by atoms with van der Waals surface area (Å²) in [6.07, 6.45) is 0.0658. The molecule has 0 saturated carbocycles. The number of carboxylic acids is 1. The first-order chi connectivity index (χ1) is 12.0. The molecule has 1 saturated heterocycles. The number of amides is 3. The van der Waals surface area contributed by atoms with Crippen LogP contribution in [-0.4, -0.2) is 40.0 Å². The number of urea groups is 1. The number of carbonyl (C=O) groups excluding carboxylic acids is 2. The summed E-state index contributed by atoms with van der Waals surface area (Å²) < 4.78 is 0. The van der Waals surface area contributed by atoms with Crippen molar-refractivity contribution in [3.63, 3.8) is 0 Å². The molecule has 6 heteroatoms. The fraction of sp³-hybridized carbons (Fsp3) is 0.211. The fourth-order valence-electron chi connectivity index (χ4n) is 2.90. The highest BCUT2D eigenvalue weighted by Crippen LogP contribution is 2.21. The fourth-order valence-corrected chi connectivity index (χ4v) is 2.90. The van der Waals surface area contributed by atoms with Crippen LogP contribution in [0, 0.1) is 0 Å². The molecular formula is C19H18N2O4. The normalized spacial score (nSPS) is 18.1. The summed E-state index contributed by atoms with van der Waals surface area (Å²) in [5.41, 5.74) is 2.82. The van der Waals surface area contributed by atoms with Crippen LogP contribution in [0.25, 0.3) is 11.1 Å². The highest BCUT2D eigenvalue weighted by molar-refractivity contribution is 6.06. The lowest BCUT2D eigenvalue weighted by Crippen LogP contribution is -2.46. The molecule has 3 amide bonds. The Morgan fingerprint density at radius 1 is 1.08 bits per heavy atom. The average Bonchev–Trinajstić information content (AvgIpc) is 2.86. The van der Waals surface area contributed by atoms with E-state index >= 15 is 0 Å². The summed E-state index contributed by atoms with van der Waals surface area (Å²) in [7, 11) is 0. The van der Waals surface area contributed by atoms with Gasteiger partial charge in [0.05, 0.1) is 0 Å². The molecule has 128 valence electrons. The van der Waals surface area contributed by atoms with Gasteiger partial charge in [-0.05, 0) is 23.6 Å². The van der Waals surface area contributed by atoms with Gasteiger partial charge >= 0.3 is 12.0 Å². The van der Waals surface area contributed by atoms with E-state index in [-0.39, 0.29) is 6.42 Å². The zero-order valence-corrected chi connectivity index (χ0v) is 13.7. The van der Waals surface area contributed by atoms with Crippen LogP contribution in [0.4, 0.5) is 4.79 Å². The van der Waals surface area contributed by atoms with E-state index in [0.29, 0.717) is 0 Å². The molecule has 6 nitrogen and oxygen atoms in total. The average molecular weight is 338 g/mol. The highest BCUT2D eigenvalue weighted by Gasteiger charge is 2.42. The molecule has 0 aliphatic carbocycles. The molecular weight excluding hydrogens is 320 g/mol. The summed E-state index contributed by atoms with van der Waals surface area (Å²) in [6.45, 7) is 1.54. The number of hydrogen-bond acceptors (Lipinski definition) is 3. The maximum atomic E-state index is 12.1. The molecule has 0 spiro atoms. The van der Waals surface area contributed by atoms with Crippen LogP contribution >= 0.6 is 0 Å². The molecule has 3 rings (SSSR count). The molecule has 1 aliphatic rings. The zero-order chi connectivity index (χ0) is 18.0. The lowest BCUT2D eigenvalue weighted by Gasteiger charge is -2.21. The second kappa shape index (κ2) is 6.76. The van der Waals surface area contributed by atoms with Gasteiger partial charge in [-0.1, -0.05) is 54.6 Å². The van der Waals surface area contributed by atoms with Gasteiger partial charge in [0, 0.05) is 6.42 Å². The van der Waals surface area contributed by atoms with E-state index in [4.69, 9.17) is 0 Å². The monoisotopic (exact) mass is 338 g/mol. The van der Waals surface area contributed by atoms with Gasteiger partial charge in [0.1, 0.15) is 12.1 Å². The third kappa shape index (κ3) is 3.38. The van der Waals surface area contributed by atoms with Crippen LogP contribution < -0.4 is 5.32 Å². The molecule has 0 unspecified atom stereocenters. The van der Waals surface area contributed by atoms with Gasteiger partial charge < -0.3 is 10.4 Å². The Morgan fingerprint density at radius 3 is 2.20 bits per heavy atom. The molecule has 2 aromatic carbocycles. The predicted octanol–water partition coefficient (Wildman–Crippen LogP) is 2.29. The molecule has 0 bridgehead atoms.